The van der Waals surface area contributed by atoms with Crippen molar-refractivity contribution in [3.63, 3.8) is 0 Å². The fourth-order valence-electron chi connectivity index (χ4n) is 1.23. The molecule has 0 spiro atoms. The number of methoxy groups -OCH3 is 1. The highest BCUT2D eigenvalue weighted by molar-refractivity contribution is 5.30. The second kappa shape index (κ2) is 4.04. The molecule has 5 nitrogen and oxygen atoms in total. The third-order valence-corrected chi connectivity index (χ3v) is 2.00. The van der Waals surface area contributed by atoms with Crippen LogP contribution in [0.3, 0.4) is 0 Å². The van der Waals surface area contributed by atoms with Gasteiger partial charge >= 0.3 is 0 Å². The maximum atomic E-state index is 13.5. The number of tetrazole rings is 1. The van der Waals surface area contributed by atoms with Crippen molar-refractivity contribution in [2.24, 2.45) is 0 Å². The molecule has 0 bridgehead atoms. The van der Waals surface area contributed by atoms with E-state index in [4.69, 9.17) is 4.74 Å². The van der Waals surface area contributed by atoms with Crippen molar-refractivity contribution >= 4 is 0 Å². The number of aromatic amines is 1. The molecule has 0 aliphatic heterocycles. The van der Waals surface area contributed by atoms with Crippen LogP contribution in [0.4, 0.5) is 4.39 Å². The molecule has 2 aromatic rings. The lowest BCUT2D eigenvalue weighted by Gasteiger charge is -2.03. The summed E-state index contributed by atoms with van der Waals surface area (Å²) in [5.74, 6) is 0.613. The van der Waals surface area contributed by atoms with Crippen LogP contribution in [0.5, 0.6) is 5.75 Å². The fraction of sp³-hybridized carbons (Fsp3) is 0.222. The molecule has 78 valence electrons. The summed E-state index contributed by atoms with van der Waals surface area (Å²) in [6, 6.07) is 4.67. The number of ether oxygens (including phenoxy) is 1. The molecule has 2 rings (SSSR count). The Bertz CT molecular complexity index is 443. The van der Waals surface area contributed by atoms with E-state index in [2.05, 4.69) is 20.6 Å². The molecule has 0 amide bonds. The molecule has 0 saturated heterocycles. The number of benzene rings is 1. The molecular formula is C9H9FN4O. The first kappa shape index (κ1) is 9.57. The lowest BCUT2D eigenvalue weighted by molar-refractivity contribution is 0.411. The predicted octanol–water partition coefficient (Wildman–Crippen LogP) is 0.938. The van der Waals surface area contributed by atoms with Crippen molar-refractivity contribution in [2.75, 3.05) is 7.11 Å². The molecule has 0 saturated carbocycles. The minimum atomic E-state index is -0.334. The van der Waals surface area contributed by atoms with E-state index in [9.17, 15) is 4.39 Å². The van der Waals surface area contributed by atoms with E-state index in [0.717, 1.165) is 0 Å². The van der Waals surface area contributed by atoms with Gasteiger partial charge in [-0.25, -0.2) is 4.39 Å². The first-order valence-corrected chi connectivity index (χ1v) is 4.34. The topological polar surface area (TPSA) is 63.7 Å². The van der Waals surface area contributed by atoms with Gasteiger partial charge in [0.2, 0.25) is 0 Å². The van der Waals surface area contributed by atoms with E-state index in [1.165, 1.54) is 13.2 Å². The Morgan fingerprint density at radius 2 is 2.33 bits per heavy atom. The van der Waals surface area contributed by atoms with Crippen molar-refractivity contribution in [3.8, 4) is 5.75 Å². The van der Waals surface area contributed by atoms with Gasteiger partial charge in [-0.3, -0.25) is 0 Å². The summed E-state index contributed by atoms with van der Waals surface area (Å²) in [4.78, 5) is 0. The summed E-state index contributed by atoms with van der Waals surface area (Å²) in [5, 5.41) is 13.2. The molecule has 15 heavy (non-hydrogen) atoms. The molecular weight excluding hydrogens is 199 g/mol. The van der Waals surface area contributed by atoms with Gasteiger partial charge in [-0.15, -0.1) is 10.2 Å². The number of nitrogens with one attached hydrogen (secondary N) is 1. The summed E-state index contributed by atoms with van der Waals surface area (Å²) in [7, 11) is 1.49. The molecule has 0 atom stereocenters. The van der Waals surface area contributed by atoms with Crippen LogP contribution in [-0.2, 0) is 6.42 Å². The summed E-state index contributed by atoms with van der Waals surface area (Å²) in [6.07, 6.45) is 0.312. The van der Waals surface area contributed by atoms with Crippen LogP contribution < -0.4 is 4.74 Å². The Labute approximate surface area is 85.3 Å². The van der Waals surface area contributed by atoms with Gasteiger partial charge in [0.1, 0.15) is 11.6 Å². The van der Waals surface area contributed by atoms with Crippen LogP contribution in [0, 0.1) is 5.82 Å². The number of aromatic nitrogens is 4. The number of nitrogens with zero attached hydrogens (tertiary/aromatic N) is 3. The monoisotopic (exact) mass is 208 g/mol. The van der Waals surface area contributed by atoms with E-state index in [-0.39, 0.29) is 5.82 Å². The van der Waals surface area contributed by atoms with Crippen molar-refractivity contribution < 1.29 is 9.13 Å². The minimum Gasteiger partial charge on any atom is -0.497 e. The van der Waals surface area contributed by atoms with Crippen LogP contribution in [0.15, 0.2) is 18.2 Å². The van der Waals surface area contributed by atoms with Gasteiger partial charge in [0.25, 0.3) is 0 Å². The van der Waals surface area contributed by atoms with Crippen LogP contribution >= 0.6 is 0 Å². The standard InChI is InChI=1S/C9H9FN4O/c1-15-7-3-2-6(8(10)5-7)4-9-11-13-14-12-9/h2-3,5H,4H2,1H3,(H,11,12,13,14). The molecule has 0 aliphatic rings. The average Bonchev–Trinajstić information content (AvgIpc) is 2.74. The average molecular weight is 208 g/mol. The SMILES string of the molecule is COc1ccc(Cc2nn[nH]n2)c(F)c1. The van der Waals surface area contributed by atoms with E-state index in [1.54, 1.807) is 12.1 Å². The summed E-state index contributed by atoms with van der Waals surface area (Å²) in [5.41, 5.74) is 0.511. The minimum absolute atomic E-state index is 0.312. The van der Waals surface area contributed by atoms with Gasteiger partial charge in [0.05, 0.1) is 7.11 Å². The van der Waals surface area contributed by atoms with E-state index < -0.39 is 0 Å². The quantitative estimate of drug-likeness (QED) is 0.815. The molecule has 1 aromatic carbocycles. The zero-order valence-electron chi connectivity index (χ0n) is 8.07. The van der Waals surface area contributed by atoms with Crippen molar-refractivity contribution in [1.82, 2.24) is 20.6 Å². The zero-order chi connectivity index (χ0) is 10.7. The van der Waals surface area contributed by atoms with Gasteiger partial charge in [-0.2, -0.15) is 5.21 Å². The maximum Gasteiger partial charge on any atom is 0.179 e. The van der Waals surface area contributed by atoms with Gasteiger partial charge in [-0.1, -0.05) is 11.3 Å². The van der Waals surface area contributed by atoms with Gasteiger partial charge in [0, 0.05) is 12.5 Å². The second-order valence-electron chi connectivity index (χ2n) is 2.96. The van der Waals surface area contributed by atoms with Crippen molar-refractivity contribution in [1.29, 1.82) is 0 Å². The first-order valence-electron chi connectivity index (χ1n) is 4.34. The third-order valence-electron chi connectivity index (χ3n) is 2.00. The molecule has 0 radical (unpaired) electrons. The van der Waals surface area contributed by atoms with E-state index in [0.29, 0.717) is 23.6 Å². The number of hydrogen-bond acceptors (Lipinski definition) is 4. The molecule has 1 N–H and O–H groups in total. The lowest BCUT2D eigenvalue weighted by Crippen LogP contribution is -1.95. The van der Waals surface area contributed by atoms with Crippen molar-refractivity contribution in [2.45, 2.75) is 6.42 Å². The Kier molecular flexibility index (Phi) is 2.57. The highest BCUT2D eigenvalue weighted by Gasteiger charge is 2.07. The van der Waals surface area contributed by atoms with Gasteiger partial charge in [0.15, 0.2) is 5.82 Å². The number of H-pyrrole nitrogens is 1. The Hall–Kier alpha value is -1.98. The molecule has 0 unspecified atom stereocenters. The van der Waals surface area contributed by atoms with Crippen molar-refractivity contribution in [3.05, 3.63) is 35.4 Å². The predicted molar refractivity (Wildman–Crippen MR) is 49.9 cm³/mol. The molecule has 6 heteroatoms. The molecule has 1 heterocycles. The fourth-order valence-corrected chi connectivity index (χ4v) is 1.23. The molecule has 0 fully saturated rings. The lowest BCUT2D eigenvalue weighted by atomic mass is 10.1. The second-order valence-corrected chi connectivity index (χ2v) is 2.96. The summed E-state index contributed by atoms with van der Waals surface area (Å²) < 4.78 is 18.4. The number of halogens is 1. The number of rotatable bonds is 3. The Morgan fingerprint density at radius 1 is 1.47 bits per heavy atom. The van der Waals surface area contributed by atoms with Gasteiger partial charge < -0.3 is 4.74 Å². The smallest absolute Gasteiger partial charge is 0.179 e. The van der Waals surface area contributed by atoms with Crippen LogP contribution in [0.2, 0.25) is 0 Å². The van der Waals surface area contributed by atoms with Gasteiger partial charge in [-0.05, 0) is 11.6 Å². The summed E-state index contributed by atoms with van der Waals surface area (Å²) in [6.45, 7) is 0. The highest BCUT2D eigenvalue weighted by Crippen LogP contribution is 2.17. The third kappa shape index (κ3) is 2.09. The van der Waals surface area contributed by atoms with Crippen LogP contribution in [0.1, 0.15) is 11.4 Å². The van der Waals surface area contributed by atoms with Crippen LogP contribution in [0.25, 0.3) is 0 Å². The Balaban J connectivity index is 2.22. The maximum absolute atomic E-state index is 13.5. The Morgan fingerprint density at radius 3 is 2.93 bits per heavy atom. The van der Waals surface area contributed by atoms with E-state index >= 15 is 0 Å². The largest absolute Gasteiger partial charge is 0.497 e. The number of hydrogen-bond donors (Lipinski definition) is 1. The molecule has 1 aromatic heterocycles. The first-order chi connectivity index (χ1) is 7.29. The van der Waals surface area contributed by atoms with E-state index in [1.807, 2.05) is 0 Å². The highest BCUT2D eigenvalue weighted by atomic mass is 19.1. The molecule has 0 aliphatic carbocycles. The van der Waals surface area contributed by atoms with Crippen LogP contribution in [-0.4, -0.2) is 27.7 Å². The zero-order valence-corrected chi connectivity index (χ0v) is 8.07. The normalized spacial score (nSPS) is 10.3. The summed E-state index contributed by atoms with van der Waals surface area (Å²) >= 11 is 0.